The van der Waals surface area contributed by atoms with Crippen molar-refractivity contribution in [3.63, 3.8) is 0 Å². The number of esters is 4. The zero-order chi connectivity index (χ0) is 40.5. The number of nitrogens with zero attached hydrogens (tertiary/aromatic N) is 1. The van der Waals surface area contributed by atoms with Crippen LogP contribution >= 0.6 is 0 Å². The van der Waals surface area contributed by atoms with E-state index in [9.17, 15) is 19.2 Å². The van der Waals surface area contributed by atoms with Crippen molar-refractivity contribution in [2.45, 2.75) is 100 Å². The fraction of sp³-hybridized carbons (Fsp3) is 0.391. The van der Waals surface area contributed by atoms with Crippen LogP contribution in [0.4, 0.5) is 0 Å². The van der Waals surface area contributed by atoms with E-state index >= 15 is 0 Å². The fourth-order valence-electron chi connectivity index (χ4n) is 5.86. The molecule has 0 spiro atoms. The fourth-order valence-corrected chi connectivity index (χ4v) is 5.86. The van der Waals surface area contributed by atoms with Gasteiger partial charge in [0.2, 0.25) is 0 Å². The molecule has 0 aliphatic heterocycles. The molecule has 4 aromatic rings. The van der Waals surface area contributed by atoms with Crippen molar-refractivity contribution in [3.8, 4) is 17.2 Å². The third kappa shape index (κ3) is 12.1. The van der Waals surface area contributed by atoms with Gasteiger partial charge in [0.25, 0.3) is 0 Å². The monoisotopic (exact) mass is 749 g/mol. The van der Waals surface area contributed by atoms with Crippen LogP contribution in [0.3, 0.4) is 0 Å². The van der Waals surface area contributed by atoms with Crippen molar-refractivity contribution < 1.29 is 38.1 Å². The Kier molecular flexibility index (Phi) is 14.2. The lowest BCUT2D eigenvalue weighted by Gasteiger charge is -2.32. The molecule has 4 aromatic carbocycles. The summed E-state index contributed by atoms with van der Waals surface area (Å²) < 4.78 is 22.8. The largest absolute Gasteiger partial charge is 0.457 e. The summed E-state index contributed by atoms with van der Waals surface area (Å²) in [7, 11) is 0. The zero-order valence-electron chi connectivity index (χ0n) is 33.8. The van der Waals surface area contributed by atoms with E-state index in [1.807, 2.05) is 24.3 Å². The molecule has 4 rings (SSSR count). The van der Waals surface area contributed by atoms with Crippen molar-refractivity contribution in [1.82, 2.24) is 4.90 Å². The van der Waals surface area contributed by atoms with E-state index < -0.39 is 22.8 Å². The summed E-state index contributed by atoms with van der Waals surface area (Å²) in [5, 5.41) is 0. The molecule has 292 valence electrons. The molecule has 1 atom stereocenters. The summed E-state index contributed by atoms with van der Waals surface area (Å²) in [5.41, 5.74) is 1.81. The number of hydrogen-bond donors (Lipinski definition) is 0. The molecule has 0 fully saturated rings. The Labute approximate surface area is 325 Å². The van der Waals surface area contributed by atoms with Gasteiger partial charge in [-0.25, -0.2) is 9.59 Å². The first-order valence-electron chi connectivity index (χ1n) is 18.8. The third-order valence-corrected chi connectivity index (χ3v) is 9.05. The molecule has 0 amide bonds. The first-order chi connectivity index (χ1) is 25.8. The highest BCUT2D eigenvalue weighted by atomic mass is 16.5. The van der Waals surface area contributed by atoms with Crippen LogP contribution in [-0.2, 0) is 20.9 Å². The van der Waals surface area contributed by atoms with Gasteiger partial charge in [0.1, 0.15) is 23.9 Å². The van der Waals surface area contributed by atoms with Gasteiger partial charge in [-0.15, -0.1) is 0 Å². The van der Waals surface area contributed by atoms with Gasteiger partial charge in [-0.05, 0) is 154 Å². The van der Waals surface area contributed by atoms with Crippen molar-refractivity contribution in [3.05, 3.63) is 125 Å². The Morgan fingerprint density at radius 1 is 0.600 bits per heavy atom. The number of benzene rings is 4. The molecule has 0 unspecified atom stereocenters. The molecule has 0 N–H and O–H groups in total. The molecule has 55 heavy (non-hydrogen) atoms. The van der Waals surface area contributed by atoms with Crippen LogP contribution < -0.4 is 14.2 Å². The topological polar surface area (TPSA) is 108 Å². The smallest absolute Gasteiger partial charge is 0.343 e. The zero-order valence-corrected chi connectivity index (χ0v) is 33.8. The normalized spacial score (nSPS) is 12.4. The third-order valence-electron chi connectivity index (χ3n) is 9.05. The minimum atomic E-state index is -0.676. The molecular weight excluding hydrogens is 695 g/mol. The highest BCUT2D eigenvalue weighted by molar-refractivity contribution is 5.92. The Morgan fingerprint density at radius 2 is 1.09 bits per heavy atom. The molecule has 0 aliphatic carbocycles. The van der Waals surface area contributed by atoms with Crippen LogP contribution in [0.5, 0.6) is 17.2 Å². The minimum Gasteiger partial charge on any atom is -0.457 e. The Morgan fingerprint density at radius 3 is 1.56 bits per heavy atom. The predicted octanol–water partition coefficient (Wildman–Crippen LogP) is 9.81. The molecule has 0 bridgehead atoms. The van der Waals surface area contributed by atoms with Crippen LogP contribution in [0.25, 0.3) is 0 Å². The van der Waals surface area contributed by atoms with Crippen LogP contribution in [-0.4, -0.2) is 47.4 Å². The van der Waals surface area contributed by atoms with Crippen molar-refractivity contribution in [2.24, 2.45) is 10.8 Å². The lowest BCUT2D eigenvalue weighted by molar-refractivity contribution is -0.143. The molecule has 0 saturated carbocycles. The molecule has 0 radical (unpaired) electrons. The lowest BCUT2D eigenvalue weighted by atomic mass is 9.86. The van der Waals surface area contributed by atoms with Crippen molar-refractivity contribution in [2.75, 3.05) is 6.54 Å². The number of ether oxygens (including phenoxy) is 4. The van der Waals surface area contributed by atoms with E-state index in [1.165, 1.54) is 0 Å². The summed E-state index contributed by atoms with van der Waals surface area (Å²) >= 11 is 0. The molecule has 0 aliphatic rings. The summed E-state index contributed by atoms with van der Waals surface area (Å²) in [6.07, 6.45) is 0.730. The first kappa shape index (κ1) is 42.5. The van der Waals surface area contributed by atoms with Crippen molar-refractivity contribution >= 4 is 23.9 Å². The summed E-state index contributed by atoms with van der Waals surface area (Å²) in [6.45, 7) is 20.1. The summed E-state index contributed by atoms with van der Waals surface area (Å²) in [5.74, 6) is -0.961. The van der Waals surface area contributed by atoms with Crippen LogP contribution in [0.1, 0.15) is 119 Å². The maximum atomic E-state index is 13.6. The summed E-state index contributed by atoms with van der Waals surface area (Å²) in [4.78, 5) is 53.8. The number of carbonyl (C=O) groups excluding carboxylic acids is 4. The number of hydrogen-bond acceptors (Lipinski definition) is 9. The highest BCUT2D eigenvalue weighted by Crippen LogP contribution is 2.37. The average molecular weight is 750 g/mol. The minimum absolute atomic E-state index is 0.0266. The second kappa shape index (κ2) is 18.4. The second-order valence-electron chi connectivity index (χ2n) is 16.3. The Bertz CT molecular complexity index is 1910. The van der Waals surface area contributed by atoms with Gasteiger partial charge < -0.3 is 18.9 Å². The Balaban J connectivity index is 1.63. The van der Waals surface area contributed by atoms with Gasteiger partial charge in [0, 0.05) is 23.6 Å². The van der Waals surface area contributed by atoms with Gasteiger partial charge in [0.05, 0.1) is 22.0 Å². The molecule has 0 saturated heterocycles. The van der Waals surface area contributed by atoms with Gasteiger partial charge >= 0.3 is 23.9 Å². The SMILES string of the molecule is CC(C)N(CC[C@H](c1ccccc1)c1cc(COC(=O)c2ccc(OC(=O)C(C)(C)C)cc2)ccc1OC(=O)c1ccc(OC(=O)C(C)(C)C)cc1)C(C)C. The Hall–Kier alpha value is -5.28. The van der Waals surface area contributed by atoms with Gasteiger partial charge in [-0.3, -0.25) is 14.5 Å². The maximum absolute atomic E-state index is 13.6. The standard InChI is InChI=1S/C46H55NO8/c1-30(2)47(31(3)4)27-26-38(33-14-12-11-13-15-33)39-28-32(29-52-41(48)34-17-21-36(22-18-34)53-43(50)45(5,6)7)16-25-40(39)55-42(49)35-19-23-37(24-20-35)54-44(51)46(8,9)10/h11-25,28,30-31,38H,26-27,29H2,1-10H3/t38-/m1/s1. The summed E-state index contributed by atoms with van der Waals surface area (Å²) in [6, 6.07) is 28.7. The van der Waals surface area contributed by atoms with E-state index in [0.29, 0.717) is 40.5 Å². The van der Waals surface area contributed by atoms with E-state index in [1.54, 1.807) is 102 Å². The van der Waals surface area contributed by atoms with Gasteiger partial charge in [-0.2, -0.15) is 0 Å². The average Bonchev–Trinajstić information content (AvgIpc) is 3.12. The van der Waals surface area contributed by atoms with Crippen molar-refractivity contribution in [1.29, 1.82) is 0 Å². The van der Waals surface area contributed by atoms with E-state index in [-0.39, 0.29) is 24.5 Å². The van der Waals surface area contributed by atoms with Crippen LogP contribution in [0.15, 0.2) is 97.1 Å². The quantitative estimate of drug-likeness (QED) is 0.0920. The second-order valence-corrected chi connectivity index (χ2v) is 16.3. The number of carbonyl (C=O) groups is 4. The molecular formula is C46H55NO8. The lowest BCUT2D eigenvalue weighted by Crippen LogP contribution is -2.38. The maximum Gasteiger partial charge on any atom is 0.343 e. The van der Waals surface area contributed by atoms with Crippen LogP contribution in [0, 0.1) is 10.8 Å². The van der Waals surface area contributed by atoms with Gasteiger partial charge in [-0.1, -0.05) is 36.4 Å². The van der Waals surface area contributed by atoms with E-state index in [0.717, 1.165) is 29.7 Å². The molecule has 0 aromatic heterocycles. The van der Waals surface area contributed by atoms with Crippen LogP contribution in [0.2, 0.25) is 0 Å². The molecule has 9 heteroatoms. The molecule has 9 nitrogen and oxygen atoms in total. The van der Waals surface area contributed by atoms with E-state index in [4.69, 9.17) is 18.9 Å². The van der Waals surface area contributed by atoms with E-state index in [2.05, 4.69) is 44.7 Å². The predicted molar refractivity (Wildman–Crippen MR) is 213 cm³/mol. The number of rotatable bonds is 14. The van der Waals surface area contributed by atoms with Gasteiger partial charge in [0.15, 0.2) is 0 Å². The first-order valence-corrected chi connectivity index (χ1v) is 18.8. The highest BCUT2D eigenvalue weighted by Gasteiger charge is 2.26. The molecule has 0 heterocycles.